The first-order valence-corrected chi connectivity index (χ1v) is 5.53. The van der Waals surface area contributed by atoms with E-state index >= 15 is 0 Å². The smallest absolute Gasteiger partial charge is 0.225 e. The topological polar surface area (TPSA) is 55.1 Å². The van der Waals surface area contributed by atoms with Crippen LogP contribution in [0.4, 0.5) is 5.82 Å². The van der Waals surface area contributed by atoms with Gasteiger partial charge in [-0.15, -0.1) is 0 Å². The van der Waals surface area contributed by atoms with Crippen LogP contribution < -0.4 is 5.32 Å². The highest BCUT2D eigenvalue weighted by Gasteiger charge is 2.03. The summed E-state index contributed by atoms with van der Waals surface area (Å²) >= 11 is 0. The summed E-state index contributed by atoms with van der Waals surface area (Å²) in [4.78, 5) is 11.4. The number of hydrogen-bond acceptors (Lipinski definition) is 3. The minimum Gasteiger partial charge on any atom is -0.363 e. The number of carbonyl (C=O) groups excluding carboxylic acids is 1. The van der Waals surface area contributed by atoms with Crippen molar-refractivity contribution in [1.82, 2.24) is 5.16 Å². The first kappa shape index (κ1) is 11.8. The molecule has 1 amide bonds. The van der Waals surface area contributed by atoms with Crippen molar-refractivity contribution in [2.75, 3.05) is 5.32 Å². The molecule has 4 heteroatoms. The first-order chi connectivity index (χ1) is 7.33. The van der Waals surface area contributed by atoms with Gasteiger partial charge in [-0.1, -0.05) is 37.8 Å². The molecular weight excluding hydrogens is 192 g/mol. The molecule has 1 aromatic rings. The third-order valence-corrected chi connectivity index (χ3v) is 2.21. The van der Waals surface area contributed by atoms with Gasteiger partial charge < -0.3 is 9.84 Å². The van der Waals surface area contributed by atoms with Crippen molar-refractivity contribution in [3.63, 3.8) is 0 Å². The van der Waals surface area contributed by atoms with Crippen molar-refractivity contribution in [1.29, 1.82) is 0 Å². The lowest BCUT2D eigenvalue weighted by atomic mass is 10.1. The number of nitrogens with zero attached hydrogens (tertiary/aromatic N) is 1. The number of aromatic nitrogens is 1. The van der Waals surface area contributed by atoms with Crippen LogP contribution >= 0.6 is 0 Å². The van der Waals surface area contributed by atoms with Gasteiger partial charge >= 0.3 is 0 Å². The molecule has 0 atom stereocenters. The second-order valence-corrected chi connectivity index (χ2v) is 3.60. The third-order valence-electron chi connectivity index (χ3n) is 2.21. The molecule has 0 radical (unpaired) electrons. The molecule has 0 bridgehead atoms. The molecule has 0 saturated heterocycles. The number of anilines is 1. The monoisotopic (exact) mass is 210 g/mol. The highest BCUT2D eigenvalue weighted by molar-refractivity contribution is 5.89. The van der Waals surface area contributed by atoms with Crippen molar-refractivity contribution in [3.05, 3.63) is 12.3 Å². The molecule has 0 spiro atoms. The Balaban J connectivity index is 2.04. The largest absolute Gasteiger partial charge is 0.363 e. The molecule has 1 rings (SSSR count). The fourth-order valence-electron chi connectivity index (χ4n) is 1.37. The summed E-state index contributed by atoms with van der Waals surface area (Å²) in [7, 11) is 0. The van der Waals surface area contributed by atoms with Crippen LogP contribution in [0.3, 0.4) is 0 Å². The van der Waals surface area contributed by atoms with Gasteiger partial charge in [0.15, 0.2) is 5.82 Å². The van der Waals surface area contributed by atoms with E-state index in [0.29, 0.717) is 12.2 Å². The zero-order chi connectivity index (χ0) is 10.9. The van der Waals surface area contributed by atoms with Crippen LogP contribution in [0.15, 0.2) is 16.9 Å². The van der Waals surface area contributed by atoms with Crippen molar-refractivity contribution in [3.8, 4) is 0 Å². The fraction of sp³-hybridized carbons (Fsp3) is 0.636. The Bertz CT molecular complexity index is 270. The van der Waals surface area contributed by atoms with Gasteiger partial charge in [-0.25, -0.2) is 0 Å². The summed E-state index contributed by atoms with van der Waals surface area (Å²) in [5.41, 5.74) is 0. The minimum absolute atomic E-state index is 0.0143. The molecule has 15 heavy (non-hydrogen) atoms. The molecule has 1 heterocycles. The lowest BCUT2D eigenvalue weighted by molar-refractivity contribution is -0.116. The normalized spacial score (nSPS) is 10.2. The second-order valence-electron chi connectivity index (χ2n) is 3.60. The second kappa shape index (κ2) is 7.04. The highest BCUT2D eigenvalue weighted by Crippen LogP contribution is 2.07. The fourth-order valence-corrected chi connectivity index (χ4v) is 1.37. The van der Waals surface area contributed by atoms with E-state index in [2.05, 4.69) is 21.9 Å². The van der Waals surface area contributed by atoms with Gasteiger partial charge in [-0.2, -0.15) is 0 Å². The van der Waals surface area contributed by atoms with Crippen LogP contribution in [0.1, 0.15) is 45.4 Å². The number of rotatable bonds is 7. The van der Waals surface area contributed by atoms with Gasteiger partial charge in [-0.3, -0.25) is 4.79 Å². The maximum atomic E-state index is 11.4. The van der Waals surface area contributed by atoms with Crippen LogP contribution in [-0.2, 0) is 4.79 Å². The van der Waals surface area contributed by atoms with Crippen molar-refractivity contribution in [2.24, 2.45) is 0 Å². The van der Waals surface area contributed by atoms with Crippen molar-refractivity contribution in [2.45, 2.75) is 45.4 Å². The quantitative estimate of drug-likeness (QED) is 0.704. The summed E-state index contributed by atoms with van der Waals surface area (Å²) in [5.74, 6) is 0.508. The van der Waals surface area contributed by atoms with E-state index in [4.69, 9.17) is 0 Å². The number of carbonyl (C=O) groups is 1. The molecule has 1 N–H and O–H groups in total. The SMILES string of the molecule is CCCCCCCC(=O)Nc1ccon1. The minimum atomic E-state index is 0.0143. The highest BCUT2D eigenvalue weighted by atomic mass is 16.5. The Kier molecular flexibility index (Phi) is 5.51. The van der Waals surface area contributed by atoms with E-state index in [-0.39, 0.29) is 5.91 Å². The maximum absolute atomic E-state index is 11.4. The van der Waals surface area contributed by atoms with E-state index in [0.717, 1.165) is 12.8 Å². The summed E-state index contributed by atoms with van der Waals surface area (Å²) in [6.45, 7) is 2.18. The molecule has 84 valence electrons. The number of amides is 1. The molecule has 4 nitrogen and oxygen atoms in total. The Morgan fingerprint density at radius 1 is 1.40 bits per heavy atom. The molecule has 0 unspecified atom stereocenters. The van der Waals surface area contributed by atoms with Crippen LogP contribution in [0, 0.1) is 0 Å². The van der Waals surface area contributed by atoms with E-state index in [1.165, 1.54) is 25.5 Å². The van der Waals surface area contributed by atoms with Gasteiger partial charge in [0.1, 0.15) is 6.26 Å². The lowest BCUT2D eigenvalue weighted by Crippen LogP contribution is -2.11. The lowest BCUT2D eigenvalue weighted by Gasteiger charge is -2.00. The van der Waals surface area contributed by atoms with Crippen LogP contribution in [0.5, 0.6) is 0 Å². The summed E-state index contributed by atoms with van der Waals surface area (Å²) in [6, 6.07) is 1.63. The van der Waals surface area contributed by atoms with Crippen molar-refractivity contribution < 1.29 is 9.32 Å². The number of nitrogens with one attached hydrogen (secondary N) is 1. The average molecular weight is 210 g/mol. The predicted molar refractivity (Wildman–Crippen MR) is 58.5 cm³/mol. The number of unbranched alkanes of at least 4 members (excludes halogenated alkanes) is 4. The van der Waals surface area contributed by atoms with Gasteiger partial charge in [0.25, 0.3) is 0 Å². The van der Waals surface area contributed by atoms with E-state index < -0.39 is 0 Å². The molecule has 0 aromatic carbocycles. The Hall–Kier alpha value is -1.32. The Morgan fingerprint density at radius 3 is 2.87 bits per heavy atom. The standard InChI is InChI=1S/C11H18N2O2/c1-2-3-4-5-6-7-11(14)12-10-8-9-15-13-10/h8-9H,2-7H2,1H3,(H,12,13,14). The Labute approximate surface area is 90.0 Å². The molecule has 0 aliphatic carbocycles. The molecule has 0 saturated carbocycles. The summed E-state index contributed by atoms with van der Waals surface area (Å²) in [5, 5.41) is 6.28. The molecule has 1 aromatic heterocycles. The van der Waals surface area contributed by atoms with Crippen LogP contribution in [0.25, 0.3) is 0 Å². The van der Waals surface area contributed by atoms with Gasteiger partial charge in [0, 0.05) is 12.5 Å². The third kappa shape index (κ3) is 5.20. The average Bonchev–Trinajstić information content (AvgIpc) is 2.70. The van der Waals surface area contributed by atoms with E-state index in [1.807, 2.05) is 0 Å². The molecule has 0 aliphatic rings. The van der Waals surface area contributed by atoms with Gasteiger partial charge in [-0.05, 0) is 6.42 Å². The zero-order valence-corrected chi connectivity index (χ0v) is 9.16. The van der Waals surface area contributed by atoms with Gasteiger partial charge in [0.05, 0.1) is 0 Å². The van der Waals surface area contributed by atoms with Crippen LogP contribution in [0.2, 0.25) is 0 Å². The Morgan fingerprint density at radius 2 is 2.20 bits per heavy atom. The first-order valence-electron chi connectivity index (χ1n) is 5.53. The van der Waals surface area contributed by atoms with E-state index in [9.17, 15) is 4.79 Å². The zero-order valence-electron chi connectivity index (χ0n) is 9.16. The van der Waals surface area contributed by atoms with Crippen LogP contribution in [-0.4, -0.2) is 11.1 Å². The number of hydrogen-bond donors (Lipinski definition) is 1. The molecule has 0 aliphatic heterocycles. The van der Waals surface area contributed by atoms with E-state index in [1.54, 1.807) is 6.07 Å². The summed E-state index contributed by atoms with van der Waals surface area (Å²) in [6.07, 6.45) is 7.78. The summed E-state index contributed by atoms with van der Waals surface area (Å²) < 4.78 is 4.61. The van der Waals surface area contributed by atoms with Crippen molar-refractivity contribution >= 4 is 11.7 Å². The molecular formula is C11H18N2O2. The van der Waals surface area contributed by atoms with Gasteiger partial charge in [0.2, 0.25) is 5.91 Å². The predicted octanol–water partition coefficient (Wildman–Crippen LogP) is 2.97. The molecule has 0 fully saturated rings. The maximum Gasteiger partial charge on any atom is 0.225 e.